The molecule has 1 aliphatic rings. The van der Waals surface area contributed by atoms with Crippen LogP contribution < -0.4 is 15.1 Å². The minimum atomic E-state index is -0.222. The van der Waals surface area contributed by atoms with E-state index in [2.05, 4.69) is 5.32 Å². The van der Waals surface area contributed by atoms with Crippen molar-refractivity contribution in [3.63, 3.8) is 0 Å². The van der Waals surface area contributed by atoms with E-state index in [0.29, 0.717) is 21.8 Å². The molecule has 0 radical (unpaired) electrons. The van der Waals surface area contributed by atoms with Gasteiger partial charge in [0.25, 0.3) is 0 Å². The van der Waals surface area contributed by atoms with Crippen molar-refractivity contribution in [2.45, 2.75) is 10.8 Å². The first-order valence-corrected chi connectivity index (χ1v) is 10.3. The van der Waals surface area contributed by atoms with Crippen molar-refractivity contribution in [3.8, 4) is 0 Å². The van der Waals surface area contributed by atoms with Gasteiger partial charge in [0.1, 0.15) is 11.3 Å². The molecule has 2 heterocycles. The third-order valence-corrected chi connectivity index (χ3v) is 6.35. The average molecular weight is 425 g/mol. The molecule has 146 valence electrons. The summed E-state index contributed by atoms with van der Waals surface area (Å²) in [5.41, 5.74) is 2.02. The number of nitrogens with one attached hydrogen (secondary N) is 1. The molecule has 0 saturated carbocycles. The van der Waals surface area contributed by atoms with Gasteiger partial charge in [0.05, 0.1) is 11.1 Å². The number of amides is 1. The Morgan fingerprint density at radius 3 is 2.76 bits per heavy atom. The Labute approximate surface area is 174 Å². The summed E-state index contributed by atoms with van der Waals surface area (Å²) in [5, 5.41) is 24.5. The quantitative estimate of drug-likeness (QED) is 0.368. The largest absolute Gasteiger partial charge is 0.733 e. The number of thiazole rings is 1. The van der Waals surface area contributed by atoms with Crippen molar-refractivity contribution in [1.29, 1.82) is 0 Å². The zero-order valence-corrected chi connectivity index (χ0v) is 16.6. The minimum Gasteiger partial charge on any atom is -0.733 e. The molecule has 0 aliphatic carbocycles. The van der Waals surface area contributed by atoms with Gasteiger partial charge in [-0.15, -0.1) is 4.57 Å². The molecule has 29 heavy (non-hydrogen) atoms. The fourth-order valence-electron chi connectivity index (χ4n) is 2.86. The first-order valence-electron chi connectivity index (χ1n) is 8.59. The van der Waals surface area contributed by atoms with Gasteiger partial charge in [0, 0.05) is 17.4 Å². The van der Waals surface area contributed by atoms with Crippen molar-refractivity contribution in [3.05, 3.63) is 81.3 Å². The second kappa shape index (κ2) is 8.18. The van der Waals surface area contributed by atoms with Gasteiger partial charge in [-0.1, -0.05) is 41.7 Å². The Kier molecular flexibility index (Phi) is 5.45. The number of benzene rings is 2. The van der Waals surface area contributed by atoms with E-state index < -0.39 is 0 Å². The smallest absolute Gasteiger partial charge is 0.433 e. The van der Waals surface area contributed by atoms with Gasteiger partial charge in [0.15, 0.2) is 0 Å². The number of carbonyl (C=O) groups is 2. The molecule has 0 atom stereocenters. The molecule has 7 nitrogen and oxygen atoms in total. The van der Waals surface area contributed by atoms with Crippen LogP contribution in [0.15, 0.2) is 69.2 Å². The molecular formula is C20H15N3O4S2. The molecular weight excluding hydrogens is 410 g/mol. The first-order chi connectivity index (χ1) is 14.0. The molecule has 2 N–H and O–H groups in total. The first kappa shape index (κ1) is 19.3. The Bertz CT molecular complexity index is 1110. The number of allylic oxidation sites excluding steroid dienone is 1. The van der Waals surface area contributed by atoms with Crippen LogP contribution >= 0.6 is 23.1 Å². The number of aromatic nitrogens is 1. The molecule has 1 aromatic heterocycles. The lowest BCUT2D eigenvalue weighted by molar-refractivity contribution is -0.607. The van der Waals surface area contributed by atoms with Crippen molar-refractivity contribution < 1.29 is 19.4 Å². The molecule has 0 bridgehead atoms. The van der Waals surface area contributed by atoms with Gasteiger partial charge in [0.2, 0.25) is 11.6 Å². The summed E-state index contributed by atoms with van der Waals surface area (Å²) in [5.74, 6) is -0.423. The molecule has 1 aliphatic heterocycles. The average Bonchev–Trinajstić information content (AvgIpc) is 3.23. The van der Waals surface area contributed by atoms with Gasteiger partial charge in [-0.2, -0.15) is 0 Å². The van der Waals surface area contributed by atoms with E-state index in [4.69, 9.17) is 5.21 Å². The van der Waals surface area contributed by atoms with E-state index in [-0.39, 0.29) is 29.1 Å². The van der Waals surface area contributed by atoms with E-state index in [1.807, 2.05) is 23.6 Å². The highest BCUT2D eigenvalue weighted by Crippen LogP contribution is 2.36. The van der Waals surface area contributed by atoms with E-state index in [1.165, 1.54) is 35.2 Å². The highest BCUT2D eigenvalue weighted by atomic mass is 32.2. The van der Waals surface area contributed by atoms with E-state index >= 15 is 0 Å². The van der Waals surface area contributed by atoms with Crippen LogP contribution in [0.5, 0.6) is 0 Å². The van der Waals surface area contributed by atoms with Crippen LogP contribution in [0.1, 0.15) is 16.1 Å². The van der Waals surface area contributed by atoms with Crippen molar-refractivity contribution >= 4 is 52.4 Å². The molecule has 0 fully saturated rings. The monoisotopic (exact) mass is 425 g/mol. The summed E-state index contributed by atoms with van der Waals surface area (Å²) in [6.45, 7) is 0. The van der Waals surface area contributed by atoms with Gasteiger partial charge in [-0.25, -0.2) is 4.79 Å². The number of carbonyl (C=O) groups excluding carboxylic acids is 2. The summed E-state index contributed by atoms with van der Waals surface area (Å²) in [4.78, 5) is 25.7. The maximum atomic E-state index is 12.9. The van der Waals surface area contributed by atoms with E-state index in [0.717, 1.165) is 4.34 Å². The zero-order chi connectivity index (χ0) is 20.4. The summed E-state index contributed by atoms with van der Waals surface area (Å²) >= 11 is 2.71. The maximum Gasteiger partial charge on any atom is 0.433 e. The van der Waals surface area contributed by atoms with Crippen molar-refractivity contribution in [2.24, 2.45) is 0 Å². The lowest BCUT2D eigenvalue weighted by Crippen LogP contribution is -2.43. The SMILES string of the molecule is O=C(Cc1csc2[n+]1C(=O)/C(=C\c1cccc(N([O-])O)c1)S2)Nc1ccccc1. The van der Waals surface area contributed by atoms with Crippen molar-refractivity contribution in [1.82, 2.24) is 0 Å². The van der Waals surface area contributed by atoms with Crippen LogP contribution in [0.2, 0.25) is 0 Å². The molecule has 9 heteroatoms. The van der Waals surface area contributed by atoms with Crippen LogP contribution in [0.4, 0.5) is 11.4 Å². The fourth-order valence-corrected chi connectivity index (χ4v) is 5.05. The summed E-state index contributed by atoms with van der Waals surface area (Å²) in [6.07, 6.45) is 1.74. The topological polar surface area (TPSA) is 96.6 Å². The lowest BCUT2D eigenvalue weighted by atomic mass is 10.2. The van der Waals surface area contributed by atoms with Crippen LogP contribution in [-0.4, -0.2) is 17.0 Å². The van der Waals surface area contributed by atoms with Crippen LogP contribution in [0.25, 0.3) is 6.08 Å². The zero-order valence-electron chi connectivity index (χ0n) is 14.9. The number of rotatable bonds is 5. The number of anilines is 2. The van der Waals surface area contributed by atoms with Crippen molar-refractivity contribution in [2.75, 3.05) is 10.5 Å². The summed E-state index contributed by atoms with van der Waals surface area (Å²) in [7, 11) is 0. The lowest BCUT2D eigenvalue weighted by Gasteiger charge is -2.21. The Morgan fingerprint density at radius 1 is 1.21 bits per heavy atom. The molecule has 0 unspecified atom stereocenters. The van der Waals surface area contributed by atoms with Crippen LogP contribution in [0.3, 0.4) is 0 Å². The predicted molar refractivity (Wildman–Crippen MR) is 112 cm³/mol. The minimum absolute atomic E-state index is 0.0792. The third kappa shape index (κ3) is 4.22. The molecule has 0 saturated heterocycles. The predicted octanol–water partition coefficient (Wildman–Crippen LogP) is 3.70. The Balaban J connectivity index is 1.52. The number of thioether (sulfide) groups is 1. The highest BCUT2D eigenvalue weighted by molar-refractivity contribution is 8.05. The maximum absolute atomic E-state index is 12.9. The fraction of sp³-hybridized carbons (Fsp3) is 0.0500. The summed E-state index contributed by atoms with van der Waals surface area (Å²) in [6, 6.07) is 15.4. The third-order valence-electron chi connectivity index (χ3n) is 4.16. The summed E-state index contributed by atoms with van der Waals surface area (Å²) < 4.78 is 2.31. The number of hydrogen-bond donors (Lipinski definition) is 2. The van der Waals surface area contributed by atoms with Gasteiger partial charge < -0.3 is 15.8 Å². The van der Waals surface area contributed by atoms with Crippen LogP contribution in [0, 0.1) is 5.21 Å². The number of para-hydroxylation sites is 1. The number of nitrogens with zero attached hydrogens (tertiary/aromatic N) is 2. The molecule has 4 rings (SSSR count). The van der Waals surface area contributed by atoms with E-state index in [1.54, 1.807) is 34.9 Å². The Hall–Kier alpha value is -2.98. The second-order valence-corrected chi connectivity index (χ2v) is 8.35. The van der Waals surface area contributed by atoms with Gasteiger partial charge in [-0.3, -0.25) is 10.0 Å². The molecule has 3 aromatic rings. The number of fused-ring (bicyclic) bond motifs is 1. The van der Waals surface area contributed by atoms with E-state index in [9.17, 15) is 14.8 Å². The molecule has 2 aromatic carbocycles. The highest BCUT2D eigenvalue weighted by Gasteiger charge is 2.40. The second-order valence-electron chi connectivity index (χ2n) is 6.20. The molecule has 1 amide bonds. The molecule has 0 spiro atoms. The number of hydrogen-bond acceptors (Lipinski definition) is 7. The van der Waals surface area contributed by atoms with Gasteiger partial charge >= 0.3 is 10.2 Å². The Morgan fingerprint density at radius 2 is 2.00 bits per heavy atom. The van der Waals surface area contributed by atoms with Crippen LogP contribution in [-0.2, 0) is 11.2 Å². The standard InChI is InChI=1S/C20H15N3O4S2/c24-18(21-14-6-2-1-3-7-14)11-16-12-28-20-22(16)19(25)17(29-20)10-13-5-4-8-15(9-13)23(26)27/h1-10,12,26H,11H2,(H,21,24)/b17-10+. The normalized spacial score (nSPS) is 14.1. The van der Waals surface area contributed by atoms with Gasteiger partial charge in [-0.05, 0) is 35.9 Å².